The van der Waals surface area contributed by atoms with Gasteiger partial charge >= 0.3 is 0 Å². The molecule has 3 aromatic carbocycles. The van der Waals surface area contributed by atoms with Crippen LogP contribution >= 0.6 is 0 Å². The summed E-state index contributed by atoms with van der Waals surface area (Å²) in [5.74, 6) is 0.450. The second-order valence-corrected chi connectivity index (χ2v) is 6.73. The van der Waals surface area contributed by atoms with Gasteiger partial charge in [-0.25, -0.2) is 0 Å². The van der Waals surface area contributed by atoms with Gasteiger partial charge in [-0.15, -0.1) is 0 Å². The van der Waals surface area contributed by atoms with E-state index in [1.165, 1.54) is 0 Å². The third-order valence-corrected chi connectivity index (χ3v) is 4.27. The number of carbonyl (C=O) groups is 1. The summed E-state index contributed by atoms with van der Waals surface area (Å²) >= 11 is 0. The largest absolute Gasteiger partial charge is 0.508 e. The van der Waals surface area contributed by atoms with Gasteiger partial charge in [0.15, 0.2) is 0 Å². The van der Waals surface area contributed by atoms with E-state index in [0.29, 0.717) is 6.42 Å². The second kappa shape index (κ2) is 7.39. The van der Waals surface area contributed by atoms with Crippen molar-refractivity contribution in [2.45, 2.75) is 26.3 Å². The molecule has 25 heavy (non-hydrogen) atoms. The van der Waals surface area contributed by atoms with Gasteiger partial charge in [-0.3, -0.25) is 4.79 Å². The van der Waals surface area contributed by atoms with Crippen LogP contribution in [-0.4, -0.2) is 11.0 Å². The summed E-state index contributed by atoms with van der Waals surface area (Å²) < 4.78 is 0. The van der Waals surface area contributed by atoms with Gasteiger partial charge in [-0.1, -0.05) is 74.5 Å². The molecule has 2 N–H and O–H groups in total. The Kier molecular flexibility index (Phi) is 5.03. The Morgan fingerprint density at radius 1 is 0.960 bits per heavy atom. The van der Waals surface area contributed by atoms with E-state index >= 15 is 0 Å². The van der Waals surface area contributed by atoms with Gasteiger partial charge in [0.25, 0.3) is 0 Å². The Morgan fingerprint density at radius 2 is 1.64 bits per heavy atom. The molecule has 3 aromatic rings. The van der Waals surface area contributed by atoms with E-state index < -0.39 is 6.04 Å². The number of phenolic OH excluding ortho intramolecular Hbond substituents is 1. The van der Waals surface area contributed by atoms with Gasteiger partial charge in [0, 0.05) is 12.0 Å². The van der Waals surface area contributed by atoms with Crippen LogP contribution in [0.3, 0.4) is 0 Å². The molecule has 3 heteroatoms. The monoisotopic (exact) mass is 333 g/mol. The van der Waals surface area contributed by atoms with Crippen molar-refractivity contribution in [1.82, 2.24) is 5.32 Å². The van der Waals surface area contributed by atoms with Crippen molar-refractivity contribution in [3.63, 3.8) is 0 Å². The Balaban J connectivity index is 2.12. The average molecular weight is 333 g/mol. The zero-order valence-corrected chi connectivity index (χ0v) is 14.6. The van der Waals surface area contributed by atoms with E-state index in [1.807, 2.05) is 74.5 Å². The number of nitrogens with one attached hydrogen (secondary N) is 1. The number of rotatable bonds is 5. The fourth-order valence-corrected chi connectivity index (χ4v) is 3.15. The van der Waals surface area contributed by atoms with Crippen LogP contribution in [0.5, 0.6) is 5.75 Å². The highest BCUT2D eigenvalue weighted by Gasteiger charge is 2.22. The van der Waals surface area contributed by atoms with Crippen LogP contribution in [0.4, 0.5) is 0 Å². The van der Waals surface area contributed by atoms with Gasteiger partial charge in [0.2, 0.25) is 5.91 Å². The summed E-state index contributed by atoms with van der Waals surface area (Å²) in [5, 5.41) is 15.7. The quantitative estimate of drug-likeness (QED) is 0.705. The van der Waals surface area contributed by atoms with Crippen LogP contribution in [0.25, 0.3) is 10.8 Å². The highest BCUT2D eigenvalue weighted by molar-refractivity contribution is 5.89. The van der Waals surface area contributed by atoms with E-state index in [4.69, 9.17) is 0 Å². The predicted octanol–water partition coefficient (Wildman–Crippen LogP) is 4.80. The first-order valence-electron chi connectivity index (χ1n) is 8.61. The fourth-order valence-electron chi connectivity index (χ4n) is 3.15. The molecule has 0 bridgehead atoms. The molecule has 1 amide bonds. The lowest BCUT2D eigenvalue weighted by atomic mass is 9.92. The highest BCUT2D eigenvalue weighted by atomic mass is 16.3. The standard InChI is InChI=1S/C22H23NO2/c1-15(2)14-20(25)23-22(17-9-4-3-5-10-17)21-18-11-7-6-8-16(18)12-13-19(21)24/h3-13,15,22,24H,14H2,1-2H3,(H,23,25)/t22-/m0/s1. The zero-order chi connectivity index (χ0) is 17.8. The lowest BCUT2D eigenvalue weighted by molar-refractivity contribution is -0.122. The minimum absolute atomic E-state index is 0.0174. The van der Waals surface area contributed by atoms with E-state index in [1.54, 1.807) is 6.07 Å². The van der Waals surface area contributed by atoms with Crippen molar-refractivity contribution in [3.05, 3.63) is 77.9 Å². The van der Waals surface area contributed by atoms with Crippen LogP contribution in [-0.2, 0) is 4.79 Å². The van der Waals surface area contributed by atoms with Crippen molar-refractivity contribution in [3.8, 4) is 5.75 Å². The maximum absolute atomic E-state index is 12.5. The zero-order valence-electron chi connectivity index (χ0n) is 14.6. The third kappa shape index (κ3) is 3.82. The summed E-state index contributed by atoms with van der Waals surface area (Å²) in [5.41, 5.74) is 1.69. The van der Waals surface area contributed by atoms with Crippen molar-refractivity contribution in [2.75, 3.05) is 0 Å². The van der Waals surface area contributed by atoms with Crippen molar-refractivity contribution < 1.29 is 9.90 Å². The number of fused-ring (bicyclic) bond motifs is 1. The van der Waals surface area contributed by atoms with Crippen LogP contribution < -0.4 is 5.32 Å². The molecule has 0 saturated heterocycles. The van der Waals surface area contributed by atoms with Crippen molar-refractivity contribution >= 4 is 16.7 Å². The molecule has 0 aliphatic rings. The number of amides is 1. The first-order valence-corrected chi connectivity index (χ1v) is 8.61. The molecule has 3 nitrogen and oxygen atoms in total. The normalized spacial score (nSPS) is 12.3. The average Bonchev–Trinajstić information content (AvgIpc) is 2.60. The molecule has 0 saturated carbocycles. The molecule has 0 aliphatic carbocycles. The molecule has 0 fully saturated rings. The number of hydrogen-bond donors (Lipinski definition) is 2. The summed E-state index contributed by atoms with van der Waals surface area (Å²) in [7, 11) is 0. The summed E-state index contributed by atoms with van der Waals surface area (Å²) in [6, 6.07) is 20.9. The Morgan fingerprint density at radius 3 is 2.36 bits per heavy atom. The number of carbonyl (C=O) groups excluding carboxylic acids is 1. The van der Waals surface area contributed by atoms with E-state index in [9.17, 15) is 9.90 Å². The Hall–Kier alpha value is -2.81. The maximum atomic E-state index is 12.5. The number of aromatic hydroxyl groups is 1. The first-order chi connectivity index (χ1) is 12.1. The maximum Gasteiger partial charge on any atom is 0.221 e. The van der Waals surface area contributed by atoms with Crippen molar-refractivity contribution in [2.24, 2.45) is 5.92 Å². The molecule has 0 unspecified atom stereocenters. The molecular weight excluding hydrogens is 310 g/mol. The predicted molar refractivity (Wildman–Crippen MR) is 101 cm³/mol. The van der Waals surface area contributed by atoms with Gasteiger partial charge in [-0.05, 0) is 28.3 Å². The second-order valence-electron chi connectivity index (χ2n) is 6.73. The van der Waals surface area contributed by atoms with Crippen LogP contribution in [0.2, 0.25) is 0 Å². The Bertz CT molecular complexity index is 872. The molecule has 0 radical (unpaired) electrons. The minimum Gasteiger partial charge on any atom is -0.508 e. The fraction of sp³-hybridized carbons (Fsp3) is 0.227. The van der Waals surface area contributed by atoms with Crippen LogP contribution in [0, 0.1) is 5.92 Å². The summed E-state index contributed by atoms with van der Waals surface area (Å²) in [6.45, 7) is 4.04. The van der Waals surface area contributed by atoms with Gasteiger partial charge in [0.05, 0.1) is 6.04 Å². The molecular formula is C22H23NO2. The Labute approximate surface area is 148 Å². The topological polar surface area (TPSA) is 49.3 Å². The van der Waals surface area contributed by atoms with Gasteiger partial charge < -0.3 is 10.4 Å². The van der Waals surface area contributed by atoms with E-state index in [2.05, 4.69) is 5.32 Å². The molecule has 128 valence electrons. The van der Waals surface area contributed by atoms with Gasteiger partial charge in [-0.2, -0.15) is 0 Å². The molecule has 1 atom stereocenters. The minimum atomic E-state index is -0.390. The molecule has 0 heterocycles. The molecule has 3 rings (SSSR count). The molecule has 0 aromatic heterocycles. The van der Waals surface area contributed by atoms with Gasteiger partial charge in [0.1, 0.15) is 5.75 Å². The summed E-state index contributed by atoms with van der Waals surface area (Å²) in [6.07, 6.45) is 0.453. The number of phenols is 1. The van der Waals surface area contributed by atoms with Crippen LogP contribution in [0.1, 0.15) is 37.4 Å². The number of hydrogen-bond acceptors (Lipinski definition) is 2. The smallest absolute Gasteiger partial charge is 0.221 e. The van der Waals surface area contributed by atoms with E-state index in [0.717, 1.165) is 21.9 Å². The third-order valence-electron chi connectivity index (χ3n) is 4.27. The van der Waals surface area contributed by atoms with E-state index in [-0.39, 0.29) is 17.6 Å². The number of benzene rings is 3. The van der Waals surface area contributed by atoms with Crippen molar-refractivity contribution in [1.29, 1.82) is 0 Å². The van der Waals surface area contributed by atoms with Crippen LogP contribution in [0.15, 0.2) is 66.7 Å². The summed E-state index contributed by atoms with van der Waals surface area (Å²) in [4.78, 5) is 12.5. The molecule has 0 aliphatic heterocycles. The molecule has 0 spiro atoms. The lowest BCUT2D eigenvalue weighted by Crippen LogP contribution is -2.30. The highest BCUT2D eigenvalue weighted by Crippen LogP contribution is 2.35. The first kappa shape index (κ1) is 17.0. The lowest BCUT2D eigenvalue weighted by Gasteiger charge is -2.23. The SMILES string of the molecule is CC(C)CC(=O)N[C@@H](c1ccccc1)c1c(O)ccc2ccccc12.